The van der Waals surface area contributed by atoms with E-state index in [1.165, 1.54) is 16.2 Å². The van der Waals surface area contributed by atoms with Crippen LogP contribution in [0.25, 0.3) is 11.7 Å². The van der Waals surface area contributed by atoms with E-state index in [4.69, 9.17) is 21.9 Å². The van der Waals surface area contributed by atoms with Crippen LogP contribution in [0.5, 0.6) is 0 Å². The van der Waals surface area contributed by atoms with Crippen molar-refractivity contribution in [1.29, 1.82) is 0 Å². The number of anilines is 1. The summed E-state index contributed by atoms with van der Waals surface area (Å²) in [6.07, 6.45) is 4.08. The molecule has 10 heteroatoms. The van der Waals surface area contributed by atoms with Crippen LogP contribution in [0.2, 0.25) is 0 Å². The lowest BCUT2D eigenvalue weighted by atomic mass is 10.2. The number of nitrogens with zero attached hydrogens (tertiary/aromatic N) is 5. The van der Waals surface area contributed by atoms with Crippen molar-refractivity contribution in [1.82, 2.24) is 19.2 Å². The van der Waals surface area contributed by atoms with E-state index in [1.807, 2.05) is 12.1 Å². The van der Waals surface area contributed by atoms with Gasteiger partial charge in [0.15, 0.2) is 0 Å². The van der Waals surface area contributed by atoms with Gasteiger partial charge in [-0.2, -0.15) is 0 Å². The molecule has 1 amide bonds. The van der Waals surface area contributed by atoms with Gasteiger partial charge in [-0.1, -0.05) is 37.0 Å². The summed E-state index contributed by atoms with van der Waals surface area (Å²) >= 11 is 6.66. The highest BCUT2D eigenvalue weighted by atomic mass is 32.2. The van der Waals surface area contributed by atoms with E-state index < -0.39 is 0 Å². The molecule has 8 nitrogen and oxygen atoms in total. The van der Waals surface area contributed by atoms with Crippen molar-refractivity contribution >= 4 is 51.7 Å². The van der Waals surface area contributed by atoms with E-state index in [9.17, 15) is 9.59 Å². The van der Waals surface area contributed by atoms with E-state index in [-0.39, 0.29) is 11.5 Å². The number of thiocarbonyl (C=S) groups is 1. The van der Waals surface area contributed by atoms with Crippen LogP contribution in [0.4, 0.5) is 5.82 Å². The van der Waals surface area contributed by atoms with E-state index in [2.05, 4.69) is 16.7 Å². The van der Waals surface area contributed by atoms with Gasteiger partial charge >= 0.3 is 0 Å². The summed E-state index contributed by atoms with van der Waals surface area (Å²) in [5.74, 6) is 0.456. The number of hydrogen-bond acceptors (Lipinski definition) is 8. The van der Waals surface area contributed by atoms with Crippen LogP contribution in [0.15, 0.2) is 34.1 Å². The molecule has 2 fully saturated rings. The standard InChI is InChI=1S/C22H27N5O3S2/c1-3-24-10-12-25(13-11-24)19-16(20(28)26-8-5-4-7-18(26)23-19)15-17-21(29)27(22(31)32-17)9-6-14-30-2/h4-5,7-8,15H,3,6,9-14H2,1-2H3/b17-15-. The summed E-state index contributed by atoms with van der Waals surface area (Å²) in [5.41, 5.74) is 0.832. The normalized spacial score (nSPS) is 19.0. The molecule has 4 rings (SSSR count). The third-order valence-corrected chi connectivity index (χ3v) is 7.12. The third kappa shape index (κ3) is 4.59. The number of carbonyl (C=O) groups is 1. The minimum absolute atomic E-state index is 0.171. The number of methoxy groups -OCH3 is 1. The molecular formula is C22H27N5O3S2. The fraction of sp³-hybridized carbons (Fsp3) is 0.455. The number of amides is 1. The van der Waals surface area contributed by atoms with Gasteiger partial charge in [0.05, 0.1) is 10.5 Å². The molecule has 0 saturated carbocycles. The molecule has 0 spiro atoms. The molecule has 0 bridgehead atoms. The first-order valence-corrected chi connectivity index (χ1v) is 12.0. The second-order valence-corrected chi connectivity index (χ2v) is 9.36. The Labute approximate surface area is 196 Å². The summed E-state index contributed by atoms with van der Waals surface area (Å²) in [6.45, 7) is 7.58. The molecule has 2 saturated heterocycles. The SMILES string of the molecule is CCN1CCN(c2nc3ccccn3c(=O)c2/C=C2\SC(=S)N(CCCOC)C2=O)CC1. The fourth-order valence-corrected chi connectivity index (χ4v) is 5.22. The molecule has 0 N–H and O–H groups in total. The van der Waals surface area contributed by atoms with Gasteiger partial charge in [-0.3, -0.25) is 18.9 Å². The van der Waals surface area contributed by atoms with Crippen molar-refractivity contribution in [3.05, 3.63) is 45.2 Å². The Morgan fingerprint density at radius 2 is 2.00 bits per heavy atom. The molecule has 2 aromatic rings. The molecule has 32 heavy (non-hydrogen) atoms. The highest BCUT2D eigenvalue weighted by molar-refractivity contribution is 8.26. The maximum atomic E-state index is 13.4. The van der Waals surface area contributed by atoms with Gasteiger partial charge in [-0.05, 0) is 31.2 Å². The molecule has 0 unspecified atom stereocenters. The van der Waals surface area contributed by atoms with E-state index in [1.54, 1.807) is 30.3 Å². The average Bonchev–Trinajstić information content (AvgIpc) is 3.08. The monoisotopic (exact) mass is 473 g/mol. The zero-order valence-electron chi connectivity index (χ0n) is 18.3. The molecule has 2 aliphatic rings. The first-order chi connectivity index (χ1) is 15.5. The van der Waals surface area contributed by atoms with Gasteiger partial charge in [0, 0.05) is 52.6 Å². The summed E-state index contributed by atoms with van der Waals surface area (Å²) in [6, 6.07) is 5.49. The first kappa shape index (κ1) is 22.9. The van der Waals surface area contributed by atoms with Crippen LogP contribution in [0, 0.1) is 0 Å². The Hall–Kier alpha value is -2.27. The van der Waals surface area contributed by atoms with Crippen LogP contribution < -0.4 is 10.5 Å². The highest BCUT2D eigenvalue weighted by Gasteiger charge is 2.32. The number of likely N-dealkylation sites (N-methyl/N-ethyl adjacent to an activating group) is 1. The summed E-state index contributed by atoms with van der Waals surface area (Å²) < 4.78 is 7.11. The maximum absolute atomic E-state index is 13.4. The Bertz CT molecular complexity index is 1110. The van der Waals surface area contributed by atoms with Crippen LogP contribution >= 0.6 is 24.0 Å². The topological polar surface area (TPSA) is 70.4 Å². The van der Waals surface area contributed by atoms with Gasteiger partial charge in [0.25, 0.3) is 11.5 Å². The van der Waals surface area contributed by atoms with Crippen molar-refractivity contribution < 1.29 is 9.53 Å². The van der Waals surface area contributed by atoms with Gasteiger partial charge in [-0.15, -0.1) is 0 Å². The summed E-state index contributed by atoms with van der Waals surface area (Å²) in [4.78, 5) is 37.8. The lowest BCUT2D eigenvalue weighted by molar-refractivity contribution is -0.122. The minimum Gasteiger partial charge on any atom is -0.385 e. The largest absolute Gasteiger partial charge is 0.385 e. The van der Waals surface area contributed by atoms with Crippen molar-refractivity contribution in [3.8, 4) is 0 Å². The fourth-order valence-electron chi connectivity index (χ4n) is 3.93. The smallest absolute Gasteiger partial charge is 0.267 e. The Morgan fingerprint density at radius 3 is 2.72 bits per heavy atom. The van der Waals surface area contributed by atoms with Crippen molar-refractivity contribution in [3.63, 3.8) is 0 Å². The van der Waals surface area contributed by atoms with Crippen LogP contribution in [-0.4, -0.2) is 82.4 Å². The van der Waals surface area contributed by atoms with Gasteiger partial charge in [-0.25, -0.2) is 4.98 Å². The Kier molecular flexibility index (Phi) is 7.24. The maximum Gasteiger partial charge on any atom is 0.267 e. The zero-order valence-corrected chi connectivity index (χ0v) is 20.0. The highest BCUT2D eigenvalue weighted by Crippen LogP contribution is 2.33. The number of fused-ring (bicyclic) bond motifs is 1. The number of ether oxygens (including phenoxy) is 1. The van der Waals surface area contributed by atoms with E-state index >= 15 is 0 Å². The summed E-state index contributed by atoms with van der Waals surface area (Å²) in [7, 11) is 1.63. The van der Waals surface area contributed by atoms with Crippen molar-refractivity contribution in [2.75, 3.05) is 57.9 Å². The molecule has 0 aromatic carbocycles. The van der Waals surface area contributed by atoms with E-state index in [0.29, 0.717) is 45.8 Å². The average molecular weight is 474 g/mol. The molecule has 170 valence electrons. The van der Waals surface area contributed by atoms with Crippen molar-refractivity contribution in [2.24, 2.45) is 0 Å². The summed E-state index contributed by atoms with van der Waals surface area (Å²) in [5, 5.41) is 0. The van der Waals surface area contributed by atoms with Crippen molar-refractivity contribution in [2.45, 2.75) is 13.3 Å². The number of pyridine rings is 1. The number of aromatic nitrogens is 2. The molecule has 2 aromatic heterocycles. The Balaban J connectivity index is 1.73. The third-order valence-electron chi connectivity index (χ3n) is 5.75. The van der Waals surface area contributed by atoms with Crippen LogP contribution in [-0.2, 0) is 9.53 Å². The predicted molar refractivity (Wildman–Crippen MR) is 132 cm³/mol. The molecular weight excluding hydrogens is 446 g/mol. The van der Waals surface area contributed by atoms with Gasteiger partial charge < -0.3 is 14.5 Å². The molecule has 4 heterocycles. The quantitative estimate of drug-likeness (QED) is 0.344. The lowest BCUT2D eigenvalue weighted by Gasteiger charge is -2.35. The zero-order chi connectivity index (χ0) is 22.7. The van der Waals surface area contributed by atoms with E-state index in [0.717, 1.165) is 32.7 Å². The number of carbonyl (C=O) groups excluding carboxylic acids is 1. The predicted octanol–water partition coefficient (Wildman–Crippen LogP) is 2.07. The first-order valence-electron chi connectivity index (χ1n) is 10.8. The minimum atomic E-state index is -0.187. The second kappa shape index (κ2) is 10.1. The van der Waals surface area contributed by atoms with Crippen LogP contribution in [0.3, 0.4) is 0 Å². The number of hydrogen-bond donors (Lipinski definition) is 0. The van der Waals surface area contributed by atoms with Gasteiger partial charge in [0.2, 0.25) is 0 Å². The van der Waals surface area contributed by atoms with Gasteiger partial charge in [0.1, 0.15) is 15.8 Å². The lowest BCUT2D eigenvalue weighted by Crippen LogP contribution is -2.47. The number of piperazine rings is 1. The van der Waals surface area contributed by atoms with Crippen LogP contribution in [0.1, 0.15) is 18.9 Å². The molecule has 0 radical (unpaired) electrons. The molecule has 2 aliphatic heterocycles. The molecule has 0 aliphatic carbocycles. The molecule has 0 atom stereocenters. The second-order valence-electron chi connectivity index (χ2n) is 7.68. The number of thioether (sulfide) groups is 1. The number of rotatable bonds is 7. The Morgan fingerprint density at radius 1 is 1.22 bits per heavy atom.